The number of benzene rings is 1. The molecule has 0 radical (unpaired) electrons. The summed E-state index contributed by atoms with van der Waals surface area (Å²) >= 11 is 0. The molecular formula is C16H26N2O2. The van der Waals surface area contributed by atoms with Crippen LogP contribution in [0.2, 0.25) is 0 Å². The molecule has 0 fully saturated rings. The van der Waals surface area contributed by atoms with E-state index in [1.807, 2.05) is 52.0 Å². The van der Waals surface area contributed by atoms with Gasteiger partial charge >= 0.3 is 0 Å². The molecule has 0 heterocycles. The Morgan fingerprint density at radius 2 is 1.85 bits per heavy atom. The fourth-order valence-electron chi connectivity index (χ4n) is 1.48. The Labute approximate surface area is 121 Å². The zero-order valence-electron chi connectivity index (χ0n) is 13.1. The molecule has 0 saturated heterocycles. The average Bonchev–Trinajstić information content (AvgIpc) is 2.38. The molecule has 0 aliphatic carbocycles. The second-order valence-electron chi connectivity index (χ2n) is 6.01. The Balaban J connectivity index is 2.47. The lowest BCUT2D eigenvalue weighted by Gasteiger charge is -2.20. The first-order valence-corrected chi connectivity index (χ1v) is 7.12. The summed E-state index contributed by atoms with van der Waals surface area (Å²) in [5, 5.41) is 6.00. The van der Waals surface area contributed by atoms with Crippen molar-refractivity contribution in [3.8, 4) is 5.75 Å². The Kier molecular flexibility index (Phi) is 6.02. The molecule has 0 spiro atoms. The van der Waals surface area contributed by atoms with E-state index in [0.29, 0.717) is 6.54 Å². The lowest BCUT2D eigenvalue weighted by atomic mass is 10.1. The van der Waals surface area contributed by atoms with Crippen molar-refractivity contribution in [2.45, 2.75) is 52.7 Å². The number of carbonyl (C=O) groups excluding carboxylic acids is 1. The summed E-state index contributed by atoms with van der Waals surface area (Å²) in [6.07, 6.45) is 1.17. The van der Waals surface area contributed by atoms with Crippen LogP contribution >= 0.6 is 0 Å². The zero-order valence-corrected chi connectivity index (χ0v) is 13.1. The molecule has 1 aromatic rings. The lowest BCUT2D eigenvalue weighted by molar-refractivity contribution is -0.115. The maximum Gasteiger partial charge on any atom is 0.238 e. The molecule has 0 bridgehead atoms. The van der Waals surface area contributed by atoms with E-state index in [4.69, 9.17) is 4.74 Å². The van der Waals surface area contributed by atoms with Gasteiger partial charge in [-0.25, -0.2) is 0 Å². The number of nitrogens with one attached hydrogen (secondary N) is 2. The van der Waals surface area contributed by atoms with Gasteiger partial charge in [-0.2, -0.15) is 0 Å². The maximum absolute atomic E-state index is 11.8. The SMILES string of the molecule is CCC(C)Oc1ccc(NC(=O)CNC(C)(C)C)cc1. The minimum absolute atomic E-state index is 0.0458. The van der Waals surface area contributed by atoms with Crippen molar-refractivity contribution in [3.63, 3.8) is 0 Å². The lowest BCUT2D eigenvalue weighted by Crippen LogP contribution is -2.41. The molecular weight excluding hydrogens is 252 g/mol. The minimum atomic E-state index is -0.0642. The molecule has 0 aliphatic rings. The normalized spacial score (nSPS) is 12.8. The third-order valence-corrected chi connectivity index (χ3v) is 2.83. The van der Waals surface area contributed by atoms with Gasteiger partial charge in [0.15, 0.2) is 0 Å². The van der Waals surface area contributed by atoms with Gasteiger partial charge in [-0.15, -0.1) is 0 Å². The maximum atomic E-state index is 11.8. The molecule has 0 saturated carbocycles. The largest absolute Gasteiger partial charge is 0.491 e. The van der Waals surface area contributed by atoms with E-state index in [0.717, 1.165) is 17.9 Å². The van der Waals surface area contributed by atoms with E-state index >= 15 is 0 Å². The van der Waals surface area contributed by atoms with Gasteiger partial charge in [0, 0.05) is 11.2 Å². The van der Waals surface area contributed by atoms with Gasteiger partial charge in [-0.3, -0.25) is 4.79 Å². The number of carbonyl (C=O) groups is 1. The average molecular weight is 278 g/mol. The molecule has 4 heteroatoms. The second kappa shape index (κ2) is 7.29. The van der Waals surface area contributed by atoms with Crippen LogP contribution in [0.4, 0.5) is 5.69 Å². The van der Waals surface area contributed by atoms with Crippen LogP contribution in [0.5, 0.6) is 5.75 Å². The van der Waals surface area contributed by atoms with Gasteiger partial charge in [0.1, 0.15) is 5.75 Å². The standard InChI is InChI=1S/C16H26N2O2/c1-6-12(2)20-14-9-7-13(8-10-14)18-15(19)11-17-16(3,4)5/h7-10,12,17H,6,11H2,1-5H3,(H,18,19). The van der Waals surface area contributed by atoms with Crippen molar-refractivity contribution in [3.05, 3.63) is 24.3 Å². The van der Waals surface area contributed by atoms with Gasteiger partial charge < -0.3 is 15.4 Å². The van der Waals surface area contributed by atoms with Crippen LogP contribution in [0, 0.1) is 0 Å². The smallest absolute Gasteiger partial charge is 0.238 e. The molecule has 1 atom stereocenters. The molecule has 1 rings (SSSR count). The van der Waals surface area contributed by atoms with Crippen molar-refractivity contribution < 1.29 is 9.53 Å². The Morgan fingerprint density at radius 1 is 1.25 bits per heavy atom. The van der Waals surface area contributed by atoms with E-state index < -0.39 is 0 Å². The van der Waals surface area contributed by atoms with Crippen LogP contribution in [0.3, 0.4) is 0 Å². The predicted octanol–water partition coefficient (Wildman–Crippen LogP) is 3.19. The highest BCUT2D eigenvalue weighted by molar-refractivity contribution is 5.92. The van der Waals surface area contributed by atoms with Crippen LogP contribution in [0.1, 0.15) is 41.0 Å². The molecule has 20 heavy (non-hydrogen) atoms. The monoisotopic (exact) mass is 278 g/mol. The van der Waals surface area contributed by atoms with Gasteiger partial charge in [-0.05, 0) is 58.4 Å². The van der Waals surface area contributed by atoms with E-state index in [-0.39, 0.29) is 17.6 Å². The van der Waals surface area contributed by atoms with E-state index in [2.05, 4.69) is 17.6 Å². The van der Waals surface area contributed by atoms with Crippen LogP contribution in [-0.2, 0) is 4.79 Å². The number of hydrogen-bond acceptors (Lipinski definition) is 3. The van der Waals surface area contributed by atoms with Gasteiger partial charge in [0.25, 0.3) is 0 Å². The molecule has 1 aromatic carbocycles. The zero-order chi connectivity index (χ0) is 15.2. The van der Waals surface area contributed by atoms with E-state index in [1.165, 1.54) is 0 Å². The summed E-state index contributed by atoms with van der Waals surface area (Å²) in [5.41, 5.74) is 0.716. The van der Waals surface area contributed by atoms with Gasteiger partial charge in [0.05, 0.1) is 12.6 Å². The second-order valence-corrected chi connectivity index (χ2v) is 6.01. The Bertz CT molecular complexity index is 421. The number of anilines is 1. The number of rotatable bonds is 6. The first kappa shape index (κ1) is 16.5. The Hall–Kier alpha value is -1.55. The highest BCUT2D eigenvalue weighted by Gasteiger charge is 2.11. The summed E-state index contributed by atoms with van der Waals surface area (Å²) < 4.78 is 5.69. The first-order valence-electron chi connectivity index (χ1n) is 7.12. The molecule has 112 valence electrons. The highest BCUT2D eigenvalue weighted by atomic mass is 16.5. The van der Waals surface area contributed by atoms with Crippen molar-refractivity contribution in [2.75, 3.05) is 11.9 Å². The molecule has 0 aromatic heterocycles. The fraction of sp³-hybridized carbons (Fsp3) is 0.562. The van der Waals surface area contributed by atoms with Crippen molar-refractivity contribution in [1.29, 1.82) is 0 Å². The van der Waals surface area contributed by atoms with Crippen LogP contribution in [-0.4, -0.2) is 24.1 Å². The molecule has 2 N–H and O–H groups in total. The summed E-state index contributed by atoms with van der Waals surface area (Å²) in [4.78, 5) is 11.8. The fourth-order valence-corrected chi connectivity index (χ4v) is 1.48. The van der Waals surface area contributed by atoms with Crippen LogP contribution < -0.4 is 15.4 Å². The first-order chi connectivity index (χ1) is 9.30. The van der Waals surface area contributed by atoms with Gasteiger partial charge in [0.2, 0.25) is 5.91 Å². The summed E-state index contributed by atoms with van der Waals surface area (Å²) in [7, 11) is 0. The molecule has 4 nitrogen and oxygen atoms in total. The predicted molar refractivity (Wildman–Crippen MR) is 83.2 cm³/mol. The van der Waals surface area contributed by atoms with E-state index in [1.54, 1.807) is 0 Å². The minimum Gasteiger partial charge on any atom is -0.491 e. The Morgan fingerprint density at radius 3 is 2.35 bits per heavy atom. The topological polar surface area (TPSA) is 50.4 Å². The number of hydrogen-bond donors (Lipinski definition) is 2. The van der Waals surface area contributed by atoms with Gasteiger partial charge in [-0.1, -0.05) is 6.92 Å². The van der Waals surface area contributed by atoms with Crippen LogP contribution in [0.25, 0.3) is 0 Å². The number of ether oxygens (including phenoxy) is 1. The van der Waals surface area contributed by atoms with Crippen molar-refractivity contribution in [2.24, 2.45) is 0 Å². The molecule has 1 amide bonds. The molecule has 0 aliphatic heterocycles. The summed E-state index contributed by atoms with van der Waals surface area (Å²) in [6, 6.07) is 7.46. The quantitative estimate of drug-likeness (QED) is 0.840. The highest BCUT2D eigenvalue weighted by Crippen LogP contribution is 2.17. The van der Waals surface area contributed by atoms with Crippen molar-refractivity contribution >= 4 is 11.6 Å². The summed E-state index contributed by atoms with van der Waals surface area (Å²) in [5.74, 6) is 0.778. The molecule has 1 unspecified atom stereocenters. The third kappa shape index (κ3) is 6.57. The van der Waals surface area contributed by atoms with E-state index in [9.17, 15) is 4.79 Å². The third-order valence-electron chi connectivity index (χ3n) is 2.83. The van der Waals surface area contributed by atoms with Crippen LogP contribution in [0.15, 0.2) is 24.3 Å². The van der Waals surface area contributed by atoms with Crippen molar-refractivity contribution in [1.82, 2.24) is 5.32 Å². The number of amides is 1. The summed E-state index contributed by atoms with van der Waals surface area (Å²) in [6.45, 7) is 10.5.